The fourth-order valence-corrected chi connectivity index (χ4v) is 5.32. The predicted octanol–water partition coefficient (Wildman–Crippen LogP) is 4.47. The van der Waals surface area contributed by atoms with Crippen molar-refractivity contribution < 1.29 is 13.2 Å². The molecule has 0 radical (unpaired) electrons. The molecule has 0 amide bonds. The van der Waals surface area contributed by atoms with Gasteiger partial charge in [0.05, 0.1) is 22.5 Å². The van der Waals surface area contributed by atoms with E-state index in [0.29, 0.717) is 27.9 Å². The summed E-state index contributed by atoms with van der Waals surface area (Å²) in [6, 6.07) is 0. The van der Waals surface area contributed by atoms with E-state index in [2.05, 4.69) is 21.7 Å². The van der Waals surface area contributed by atoms with Gasteiger partial charge in [0, 0.05) is 7.05 Å². The molecule has 2 aromatic rings. The molecular weight excluding hydrogens is 420 g/mol. The van der Waals surface area contributed by atoms with Gasteiger partial charge in [-0.3, -0.25) is 4.99 Å². The van der Waals surface area contributed by atoms with Crippen molar-refractivity contribution in [3.8, 4) is 5.75 Å². The number of aliphatic imine (C=N–C) groups is 1. The summed E-state index contributed by atoms with van der Waals surface area (Å²) in [7, 11) is -2.22. The minimum Gasteiger partial charge on any atom is -0.452 e. The van der Waals surface area contributed by atoms with Crippen molar-refractivity contribution >= 4 is 33.5 Å². The van der Waals surface area contributed by atoms with E-state index < -0.39 is 9.84 Å². The van der Waals surface area contributed by atoms with Crippen LogP contribution in [0.1, 0.15) is 25.2 Å². The van der Waals surface area contributed by atoms with Crippen LogP contribution in [-0.2, 0) is 9.84 Å². The van der Waals surface area contributed by atoms with Crippen LogP contribution >= 0.6 is 11.8 Å². The van der Waals surface area contributed by atoms with Crippen LogP contribution in [-0.4, -0.2) is 42.5 Å². The van der Waals surface area contributed by atoms with Crippen LogP contribution in [0.15, 0.2) is 62.5 Å². The maximum absolute atomic E-state index is 13.5. The Morgan fingerprint density at radius 2 is 2.00 bits per heavy atom. The average Bonchev–Trinajstić information content (AvgIpc) is 3.09. The molecule has 0 atom stereocenters. The smallest absolute Gasteiger partial charge is 0.213 e. The zero-order valence-electron chi connectivity index (χ0n) is 18.0. The summed E-state index contributed by atoms with van der Waals surface area (Å²) in [6.07, 6.45) is 11.3. The highest BCUT2D eigenvalue weighted by Gasteiger charge is 2.30. The van der Waals surface area contributed by atoms with Gasteiger partial charge in [-0.15, -0.1) is 11.8 Å². The second kappa shape index (κ2) is 9.90. The number of nitrogens with zero attached hydrogens (tertiary/aromatic N) is 4. The standard InChI is InChI=1S/C21H26N4O3S2/c1-8-11-17(12-9-2)30(26,27)19-20-23-14(4)18(28-16(10-3)13-22-6)15(5)25(20)24-21(19)29-7/h8-13H,1H2,2-7H3/b12-9-,16-10+,17-11+,22-13?. The van der Waals surface area contributed by atoms with Crippen LogP contribution in [0, 0.1) is 13.8 Å². The average molecular weight is 447 g/mol. The first-order valence-electron chi connectivity index (χ1n) is 9.17. The molecule has 0 aliphatic heterocycles. The number of allylic oxidation sites excluding steroid dienone is 6. The molecule has 0 saturated heterocycles. The van der Waals surface area contributed by atoms with Crippen LogP contribution in [0.5, 0.6) is 5.75 Å². The van der Waals surface area contributed by atoms with E-state index in [4.69, 9.17) is 4.74 Å². The first-order valence-corrected chi connectivity index (χ1v) is 11.9. The summed E-state index contributed by atoms with van der Waals surface area (Å²) >= 11 is 1.25. The summed E-state index contributed by atoms with van der Waals surface area (Å²) in [5.74, 6) is 1.06. The van der Waals surface area contributed by atoms with Gasteiger partial charge in [0.2, 0.25) is 9.84 Å². The number of rotatable bonds is 8. The van der Waals surface area contributed by atoms with Gasteiger partial charge in [-0.25, -0.2) is 17.9 Å². The van der Waals surface area contributed by atoms with E-state index in [1.807, 2.05) is 13.8 Å². The van der Waals surface area contributed by atoms with Crippen molar-refractivity contribution in [2.24, 2.45) is 4.99 Å². The lowest BCUT2D eigenvalue weighted by atomic mass is 10.3. The molecule has 0 fully saturated rings. The minimum atomic E-state index is -3.87. The number of aromatic nitrogens is 3. The highest BCUT2D eigenvalue weighted by Crippen LogP contribution is 2.35. The third kappa shape index (κ3) is 4.41. The predicted molar refractivity (Wildman–Crippen MR) is 123 cm³/mol. The quantitative estimate of drug-likeness (QED) is 0.257. The highest BCUT2D eigenvalue weighted by molar-refractivity contribution is 8.00. The lowest BCUT2D eigenvalue weighted by Crippen LogP contribution is -2.08. The van der Waals surface area contributed by atoms with E-state index >= 15 is 0 Å². The molecule has 2 aromatic heterocycles. The van der Waals surface area contributed by atoms with Gasteiger partial charge in [0.1, 0.15) is 10.8 Å². The number of hydrogen-bond acceptors (Lipinski definition) is 7. The second-order valence-electron chi connectivity index (χ2n) is 6.17. The molecule has 0 aliphatic carbocycles. The zero-order chi connectivity index (χ0) is 22.5. The SMILES string of the molecule is C=C/C=C(\C=C/C)S(=O)(=O)c1c(SC)nn2c(C)c(O/C(C=NC)=C/C)c(C)nc12. The normalized spacial score (nSPS) is 13.7. The summed E-state index contributed by atoms with van der Waals surface area (Å²) in [5.41, 5.74) is 1.44. The Morgan fingerprint density at radius 1 is 1.30 bits per heavy atom. The monoisotopic (exact) mass is 446 g/mol. The number of fused-ring (bicyclic) bond motifs is 1. The highest BCUT2D eigenvalue weighted by atomic mass is 32.2. The van der Waals surface area contributed by atoms with E-state index in [1.54, 1.807) is 45.5 Å². The fraction of sp³-hybridized carbons (Fsp3) is 0.286. The van der Waals surface area contributed by atoms with E-state index in [-0.39, 0.29) is 15.4 Å². The molecule has 0 aliphatic rings. The maximum atomic E-state index is 13.5. The molecule has 0 spiro atoms. The maximum Gasteiger partial charge on any atom is 0.213 e. The summed E-state index contributed by atoms with van der Waals surface area (Å²) in [5, 5.41) is 4.87. The van der Waals surface area contributed by atoms with Crippen molar-refractivity contribution in [3.63, 3.8) is 0 Å². The van der Waals surface area contributed by atoms with Gasteiger partial charge < -0.3 is 4.74 Å². The molecule has 0 unspecified atom stereocenters. The molecule has 160 valence electrons. The molecule has 0 aromatic carbocycles. The van der Waals surface area contributed by atoms with Crippen LogP contribution in [0.2, 0.25) is 0 Å². The van der Waals surface area contributed by atoms with Gasteiger partial charge in [0.25, 0.3) is 0 Å². The molecule has 30 heavy (non-hydrogen) atoms. The van der Waals surface area contributed by atoms with Crippen molar-refractivity contribution in [2.75, 3.05) is 13.3 Å². The Bertz CT molecular complexity index is 1190. The third-order valence-corrected chi connectivity index (χ3v) is 6.79. The van der Waals surface area contributed by atoms with Gasteiger partial charge >= 0.3 is 0 Å². The Balaban J connectivity index is 2.84. The molecule has 0 bridgehead atoms. The molecule has 2 heterocycles. The molecule has 0 N–H and O–H groups in total. The van der Waals surface area contributed by atoms with Gasteiger partial charge in [0.15, 0.2) is 16.3 Å². The van der Waals surface area contributed by atoms with Crippen LogP contribution < -0.4 is 4.74 Å². The Hall–Kier alpha value is -2.65. The molecule has 9 heteroatoms. The van der Waals surface area contributed by atoms with Crippen LogP contribution in [0.25, 0.3) is 5.65 Å². The number of hydrogen-bond donors (Lipinski definition) is 0. The summed E-state index contributed by atoms with van der Waals surface area (Å²) < 4.78 is 34.4. The number of sulfone groups is 1. The third-order valence-electron chi connectivity index (χ3n) is 4.18. The Labute approximate surface area is 181 Å². The number of ether oxygens (including phenoxy) is 1. The molecule has 2 rings (SSSR count). The molecule has 0 saturated carbocycles. The number of thioether (sulfide) groups is 1. The molecule has 7 nitrogen and oxygen atoms in total. The second-order valence-corrected chi connectivity index (χ2v) is 8.86. The Morgan fingerprint density at radius 3 is 2.53 bits per heavy atom. The molecular formula is C21H26N4O3S2. The van der Waals surface area contributed by atoms with E-state index in [0.717, 1.165) is 0 Å². The summed E-state index contributed by atoms with van der Waals surface area (Å²) in [6.45, 7) is 10.8. The van der Waals surface area contributed by atoms with Crippen LogP contribution in [0.3, 0.4) is 0 Å². The fourth-order valence-electron chi connectivity index (χ4n) is 2.83. The van der Waals surface area contributed by atoms with E-state index in [1.165, 1.54) is 34.5 Å². The Kier molecular flexibility index (Phi) is 7.80. The van der Waals surface area contributed by atoms with E-state index in [9.17, 15) is 8.42 Å². The zero-order valence-corrected chi connectivity index (χ0v) is 19.6. The van der Waals surface area contributed by atoms with Gasteiger partial charge in [-0.2, -0.15) is 5.10 Å². The van der Waals surface area contributed by atoms with Crippen molar-refractivity contribution in [3.05, 3.63) is 59.0 Å². The van der Waals surface area contributed by atoms with Gasteiger partial charge in [-0.1, -0.05) is 18.7 Å². The largest absolute Gasteiger partial charge is 0.452 e. The first-order chi connectivity index (χ1) is 14.3. The van der Waals surface area contributed by atoms with Crippen molar-refractivity contribution in [1.82, 2.24) is 14.6 Å². The van der Waals surface area contributed by atoms with Crippen molar-refractivity contribution in [2.45, 2.75) is 37.6 Å². The topological polar surface area (TPSA) is 85.9 Å². The van der Waals surface area contributed by atoms with Crippen LogP contribution in [0.4, 0.5) is 0 Å². The minimum absolute atomic E-state index is 0.0697. The lowest BCUT2D eigenvalue weighted by molar-refractivity contribution is 0.440. The lowest BCUT2D eigenvalue weighted by Gasteiger charge is -2.13. The number of aryl methyl sites for hydroxylation is 2. The first kappa shape index (κ1) is 23.6. The summed E-state index contributed by atoms with van der Waals surface area (Å²) in [4.78, 5) is 8.73. The van der Waals surface area contributed by atoms with Crippen molar-refractivity contribution in [1.29, 1.82) is 0 Å². The van der Waals surface area contributed by atoms with Gasteiger partial charge in [-0.05, 0) is 52.2 Å².